The van der Waals surface area contributed by atoms with Crippen molar-refractivity contribution in [3.63, 3.8) is 0 Å². The molecule has 1 N–H and O–H groups in total. The van der Waals surface area contributed by atoms with Gasteiger partial charge in [0.1, 0.15) is 5.82 Å². The molecule has 0 radical (unpaired) electrons. The van der Waals surface area contributed by atoms with Crippen LogP contribution in [0.15, 0.2) is 54.4 Å². The Balaban J connectivity index is 1.66. The zero-order chi connectivity index (χ0) is 27.4. The number of amides is 1. The van der Waals surface area contributed by atoms with Crippen molar-refractivity contribution in [1.82, 2.24) is 20.0 Å². The monoisotopic (exact) mass is 522 g/mol. The van der Waals surface area contributed by atoms with Crippen LogP contribution in [0.5, 0.6) is 0 Å². The van der Waals surface area contributed by atoms with Crippen molar-refractivity contribution in [1.29, 1.82) is 0 Å². The van der Waals surface area contributed by atoms with Crippen LogP contribution in [0.25, 0.3) is 11.3 Å². The fourth-order valence-corrected chi connectivity index (χ4v) is 5.01. The van der Waals surface area contributed by atoms with Crippen molar-refractivity contribution >= 4 is 18.0 Å². The Labute approximate surface area is 222 Å². The van der Waals surface area contributed by atoms with Gasteiger partial charge in [0.15, 0.2) is 6.29 Å². The van der Waals surface area contributed by atoms with Gasteiger partial charge in [-0.15, -0.1) is 0 Å². The van der Waals surface area contributed by atoms with Gasteiger partial charge in [0.05, 0.1) is 42.2 Å². The average Bonchev–Trinajstić information content (AvgIpc) is 3.38. The van der Waals surface area contributed by atoms with Crippen molar-refractivity contribution in [3.8, 4) is 11.3 Å². The highest BCUT2D eigenvalue weighted by Gasteiger charge is 2.37. The standard InChI is InChI=1S/C29H35FN4O4/c1-5-29(3,4)34-26(20-7-9-21(30)10-8-20)24(17-31-34)28(37)32-22-11-6-19(2)23(16-22)27(25(36)18-35)33-12-14-38-15-13-33/h6-11,16-19,23,27H,5,12-15H2,1-4H3,(H,32,37). The second kappa shape index (κ2) is 11.5. The summed E-state index contributed by atoms with van der Waals surface area (Å²) in [6, 6.07) is 5.37. The lowest BCUT2D eigenvalue weighted by molar-refractivity contribution is -0.136. The van der Waals surface area contributed by atoms with Crippen LogP contribution >= 0.6 is 0 Å². The Morgan fingerprint density at radius 2 is 1.92 bits per heavy atom. The topological polar surface area (TPSA) is 93.5 Å². The number of Topliss-reactive ketones (excluding diaryl/α,β-unsaturated/α-hetero) is 1. The largest absolute Gasteiger partial charge is 0.379 e. The molecule has 2 aliphatic rings. The third-order valence-electron chi connectivity index (χ3n) is 7.60. The SMILES string of the molecule is CCC(C)(C)n1ncc(C(=O)NC2=CC(C(C(=O)C=O)N3CCOCC3)C(C)C=C2)c1-c1ccc(F)cc1. The highest BCUT2D eigenvalue weighted by molar-refractivity contribution is 6.27. The number of benzene rings is 1. The van der Waals surface area contributed by atoms with E-state index in [-0.39, 0.29) is 29.1 Å². The molecule has 0 saturated carbocycles. The molecule has 4 rings (SSSR count). The van der Waals surface area contributed by atoms with Crippen LogP contribution in [-0.2, 0) is 19.9 Å². The second-order valence-corrected chi connectivity index (χ2v) is 10.5. The molecule has 38 heavy (non-hydrogen) atoms. The number of carbonyl (C=O) groups excluding carboxylic acids is 3. The Morgan fingerprint density at radius 3 is 2.55 bits per heavy atom. The normalized spacial score (nSPS) is 21.0. The molecule has 8 nitrogen and oxygen atoms in total. The molecule has 2 heterocycles. The fourth-order valence-electron chi connectivity index (χ4n) is 5.01. The highest BCUT2D eigenvalue weighted by Crippen LogP contribution is 2.32. The van der Waals surface area contributed by atoms with Gasteiger partial charge < -0.3 is 10.1 Å². The third kappa shape index (κ3) is 5.68. The van der Waals surface area contributed by atoms with E-state index in [2.05, 4.69) is 10.4 Å². The number of allylic oxidation sites excluding steroid dienone is 2. The van der Waals surface area contributed by atoms with Crippen molar-refractivity contribution < 1.29 is 23.5 Å². The first-order valence-electron chi connectivity index (χ1n) is 13.0. The molecule has 3 atom stereocenters. The number of hydrogen-bond donors (Lipinski definition) is 1. The molecule has 3 unspecified atom stereocenters. The lowest BCUT2D eigenvalue weighted by Crippen LogP contribution is -2.52. The van der Waals surface area contributed by atoms with Crippen molar-refractivity contribution in [2.75, 3.05) is 26.3 Å². The van der Waals surface area contributed by atoms with Gasteiger partial charge in [0.2, 0.25) is 5.78 Å². The molecule has 2 aromatic rings. The zero-order valence-corrected chi connectivity index (χ0v) is 22.3. The third-order valence-corrected chi connectivity index (χ3v) is 7.60. The van der Waals surface area contributed by atoms with E-state index in [1.807, 2.05) is 55.5 Å². The number of aldehydes is 1. The molecule has 1 aromatic carbocycles. The molecule has 1 fully saturated rings. The van der Waals surface area contributed by atoms with E-state index in [0.29, 0.717) is 55.1 Å². The summed E-state index contributed by atoms with van der Waals surface area (Å²) in [6.45, 7) is 10.2. The number of rotatable bonds is 9. The van der Waals surface area contributed by atoms with E-state index in [1.54, 1.807) is 12.1 Å². The van der Waals surface area contributed by atoms with E-state index in [1.165, 1.54) is 18.3 Å². The summed E-state index contributed by atoms with van der Waals surface area (Å²) in [4.78, 5) is 39.8. The predicted octanol–water partition coefficient (Wildman–Crippen LogP) is 3.74. The summed E-state index contributed by atoms with van der Waals surface area (Å²) >= 11 is 0. The zero-order valence-electron chi connectivity index (χ0n) is 22.3. The minimum absolute atomic E-state index is 0.0183. The first kappa shape index (κ1) is 27.6. The van der Waals surface area contributed by atoms with Gasteiger partial charge in [-0.3, -0.25) is 24.0 Å². The molecule has 1 amide bonds. The van der Waals surface area contributed by atoms with Crippen LogP contribution in [0.1, 0.15) is 44.5 Å². The molecule has 202 valence electrons. The lowest BCUT2D eigenvalue weighted by atomic mass is 9.80. The Bertz CT molecular complexity index is 1240. The van der Waals surface area contributed by atoms with Crippen LogP contribution < -0.4 is 5.32 Å². The summed E-state index contributed by atoms with van der Waals surface area (Å²) in [6.07, 6.45) is 8.31. The van der Waals surface area contributed by atoms with Gasteiger partial charge in [-0.05, 0) is 56.5 Å². The van der Waals surface area contributed by atoms with E-state index in [0.717, 1.165) is 6.42 Å². The van der Waals surface area contributed by atoms with E-state index in [4.69, 9.17) is 4.74 Å². The number of hydrogen-bond acceptors (Lipinski definition) is 6. The quantitative estimate of drug-likeness (QED) is 0.398. The van der Waals surface area contributed by atoms with Crippen LogP contribution in [0.2, 0.25) is 0 Å². The summed E-state index contributed by atoms with van der Waals surface area (Å²) in [5.74, 6) is -1.53. The Kier molecular flexibility index (Phi) is 8.38. The molecule has 9 heteroatoms. The highest BCUT2D eigenvalue weighted by atomic mass is 19.1. The maximum absolute atomic E-state index is 13.7. The molecule has 1 aliphatic heterocycles. The number of halogens is 1. The maximum Gasteiger partial charge on any atom is 0.259 e. The van der Waals surface area contributed by atoms with Gasteiger partial charge in [0.25, 0.3) is 5.91 Å². The lowest BCUT2D eigenvalue weighted by Gasteiger charge is -2.39. The molecule has 0 spiro atoms. The number of morpholine rings is 1. The van der Waals surface area contributed by atoms with E-state index < -0.39 is 11.8 Å². The minimum Gasteiger partial charge on any atom is -0.379 e. The van der Waals surface area contributed by atoms with Crippen LogP contribution in [-0.4, -0.2) is 65.0 Å². The Hall–Kier alpha value is -3.43. The van der Waals surface area contributed by atoms with Crippen molar-refractivity contribution in [2.45, 2.75) is 45.7 Å². The first-order valence-corrected chi connectivity index (χ1v) is 13.0. The number of aromatic nitrogens is 2. The van der Waals surface area contributed by atoms with Crippen LogP contribution in [0.3, 0.4) is 0 Å². The van der Waals surface area contributed by atoms with Crippen LogP contribution in [0, 0.1) is 17.7 Å². The van der Waals surface area contributed by atoms with Crippen LogP contribution in [0.4, 0.5) is 4.39 Å². The van der Waals surface area contributed by atoms with E-state index in [9.17, 15) is 18.8 Å². The van der Waals surface area contributed by atoms with E-state index >= 15 is 0 Å². The smallest absolute Gasteiger partial charge is 0.259 e. The summed E-state index contributed by atoms with van der Waals surface area (Å²) in [7, 11) is 0. The van der Waals surface area contributed by atoms with Gasteiger partial charge in [-0.25, -0.2) is 4.39 Å². The number of carbonyl (C=O) groups is 3. The van der Waals surface area contributed by atoms with Gasteiger partial charge in [-0.2, -0.15) is 5.10 Å². The number of nitrogens with zero attached hydrogens (tertiary/aromatic N) is 3. The molecule has 1 saturated heterocycles. The number of ether oxygens (including phenoxy) is 1. The van der Waals surface area contributed by atoms with Gasteiger partial charge >= 0.3 is 0 Å². The van der Waals surface area contributed by atoms with Crippen molar-refractivity contribution in [2.24, 2.45) is 11.8 Å². The molecule has 1 aromatic heterocycles. The number of ketones is 1. The van der Waals surface area contributed by atoms with Crippen molar-refractivity contribution in [3.05, 3.63) is 65.8 Å². The van der Waals surface area contributed by atoms with Gasteiger partial charge in [0, 0.05) is 30.3 Å². The average molecular weight is 523 g/mol. The molecule has 1 aliphatic carbocycles. The first-order chi connectivity index (χ1) is 18.2. The molecular formula is C29H35FN4O4. The number of nitrogens with one attached hydrogen (secondary N) is 1. The van der Waals surface area contributed by atoms with Gasteiger partial charge in [-0.1, -0.05) is 26.0 Å². The molecular weight excluding hydrogens is 487 g/mol. The Morgan fingerprint density at radius 1 is 1.24 bits per heavy atom. The fraction of sp³-hybridized carbons (Fsp3) is 0.448. The minimum atomic E-state index is -0.633. The summed E-state index contributed by atoms with van der Waals surface area (Å²) in [5, 5.41) is 7.51. The maximum atomic E-state index is 13.7. The predicted molar refractivity (Wildman–Crippen MR) is 142 cm³/mol. The second-order valence-electron chi connectivity index (χ2n) is 10.5. The summed E-state index contributed by atoms with van der Waals surface area (Å²) < 4.78 is 20.9. The molecule has 0 bridgehead atoms. The summed E-state index contributed by atoms with van der Waals surface area (Å²) in [5.41, 5.74) is 1.80.